The van der Waals surface area contributed by atoms with Crippen LogP contribution in [0.5, 0.6) is 17.2 Å². The summed E-state index contributed by atoms with van der Waals surface area (Å²) in [5.41, 5.74) is 5.28. The number of hydrogen-bond acceptors (Lipinski definition) is 5. The van der Waals surface area contributed by atoms with Crippen molar-refractivity contribution in [1.29, 1.82) is 0 Å². The molecule has 6 nitrogen and oxygen atoms in total. The Morgan fingerprint density at radius 1 is 0.865 bits per heavy atom. The van der Waals surface area contributed by atoms with Crippen molar-refractivity contribution >= 4 is 38.9 Å². The van der Waals surface area contributed by atoms with Gasteiger partial charge in [0.25, 0.3) is 5.91 Å². The van der Waals surface area contributed by atoms with Gasteiger partial charge in [0.15, 0.2) is 0 Å². The van der Waals surface area contributed by atoms with Crippen molar-refractivity contribution in [2.24, 2.45) is 0 Å². The van der Waals surface area contributed by atoms with Crippen LogP contribution < -0.4 is 9.80 Å². The van der Waals surface area contributed by atoms with Crippen LogP contribution >= 0.6 is 15.9 Å². The maximum atomic E-state index is 13.8. The fourth-order valence-electron chi connectivity index (χ4n) is 4.50. The van der Waals surface area contributed by atoms with Gasteiger partial charge in [-0.25, -0.2) is 0 Å². The summed E-state index contributed by atoms with van der Waals surface area (Å²) >= 11 is 3.44. The third kappa shape index (κ3) is 6.98. The number of phenols is 3. The van der Waals surface area contributed by atoms with Gasteiger partial charge >= 0.3 is 0 Å². The summed E-state index contributed by atoms with van der Waals surface area (Å²) in [6.45, 7) is 9.10. The van der Waals surface area contributed by atoms with E-state index in [0.29, 0.717) is 34.5 Å². The van der Waals surface area contributed by atoms with Crippen LogP contribution in [0.1, 0.15) is 63.7 Å². The highest BCUT2D eigenvalue weighted by Crippen LogP contribution is 2.50. The van der Waals surface area contributed by atoms with Gasteiger partial charge in [-0.2, -0.15) is 0 Å². The van der Waals surface area contributed by atoms with Gasteiger partial charge in [0.2, 0.25) is 0 Å². The minimum atomic E-state index is -0.312. The zero-order chi connectivity index (χ0) is 27.1. The standard InChI is InChI=1S/C30H37BrN2O4/c1-20(2)8-5-9-21(3)10-6-11-22(4)14-16-32-25-18-23(34)19-27(36)29(25)33(17-15-31)28-24(30(32)37)12-7-13-26(28)35/h7-8,10,12-14,18-19,34-36H,5-6,9,11,15-17H2,1-4H3. The molecule has 0 atom stereocenters. The highest BCUT2D eigenvalue weighted by molar-refractivity contribution is 9.09. The molecule has 0 bridgehead atoms. The fourth-order valence-corrected chi connectivity index (χ4v) is 4.86. The molecule has 37 heavy (non-hydrogen) atoms. The first kappa shape index (κ1) is 28.4. The third-order valence-corrected chi connectivity index (χ3v) is 6.78. The van der Waals surface area contributed by atoms with E-state index in [0.717, 1.165) is 31.3 Å². The van der Waals surface area contributed by atoms with Crippen LogP contribution in [0.2, 0.25) is 0 Å². The molecule has 198 valence electrons. The molecular weight excluding hydrogens is 532 g/mol. The average Bonchev–Trinajstić information content (AvgIpc) is 2.91. The fraction of sp³-hybridized carbons (Fsp3) is 0.367. The lowest BCUT2D eigenvalue weighted by Crippen LogP contribution is -2.30. The highest BCUT2D eigenvalue weighted by atomic mass is 79.9. The first-order valence-corrected chi connectivity index (χ1v) is 13.7. The summed E-state index contributed by atoms with van der Waals surface area (Å²) in [5, 5.41) is 32.4. The van der Waals surface area contributed by atoms with E-state index >= 15 is 0 Å². The van der Waals surface area contributed by atoms with Crippen molar-refractivity contribution in [3.8, 4) is 17.2 Å². The summed E-state index contributed by atoms with van der Waals surface area (Å²) in [4.78, 5) is 17.0. The Bertz CT molecular complexity index is 1230. The maximum absolute atomic E-state index is 13.8. The molecule has 1 heterocycles. The van der Waals surface area contributed by atoms with Crippen molar-refractivity contribution in [2.45, 2.75) is 53.4 Å². The quantitative estimate of drug-likeness (QED) is 0.202. The van der Waals surface area contributed by atoms with E-state index < -0.39 is 0 Å². The number of nitrogens with zero attached hydrogens (tertiary/aromatic N) is 2. The number of allylic oxidation sites excluding steroid dienone is 5. The largest absolute Gasteiger partial charge is 0.508 e. The van der Waals surface area contributed by atoms with Gasteiger partial charge in [0.05, 0.1) is 16.9 Å². The van der Waals surface area contributed by atoms with Gasteiger partial charge in [-0.3, -0.25) is 4.79 Å². The van der Waals surface area contributed by atoms with Crippen molar-refractivity contribution in [3.63, 3.8) is 0 Å². The van der Waals surface area contributed by atoms with Crippen molar-refractivity contribution in [2.75, 3.05) is 28.2 Å². The number of alkyl halides is 1. The second-order valence-electron chi connectivity index (χ2n) is 9.72. The zero-order valence-electron chi connectivity index (χ0n) is 22.1. The number of anilines is 3. The van der Waals surface area contributed by atoms with E-state index in [1.54, 1.807) is 21.9 Å². The Kier molecular flexibility index (Phi) is 9.86. The molecule has 1 aliphatic rings. The number of carbonyl (C=O) groups is 1. The smallest absolute Gasteiger partial charge is 0.260 e. The Balaban J connectivity index is 1.90. The molecule has 0 aromatic heterocycles. The lowest BCUT2D eigenvalue weighted by Gasteiger charge is -2.28. The second kappa shape index (κ2) is 12.9. The lowest BCUT2D eigenvalue weighted by atomic mass is 10.1. The normalized spacial score (nSPS) is 13.8. The summed E-state index contributed by atoms with van der Waals surface area (Å²) in [6.07, 6.45) is 10.4. The Morgan fingerprint density at radius 2 is 1.54 bits per heavy atom. The van der Waals surface area contributed by atoms with Crippen LogP contribution in [0, 0.1) is 0 Å². The van der Waals surface area contributed by atoms with Crippen molar-refractivity contribution in [3.05, 3.63) is 70.8 Å². The summed E-state index contributed by atoms with van der Waals surface area (Å²) in [5.74, 6) is -0.671. The first-order valence-electron chi connectivity index (χ1n) is 12.6. The monoisotopic (exact) mass is 568 g/mol. The summed E-state index contributed by atoms with van der Waals surface area (Å²) in [6, 6.07) is 7.57. The number of halogens is 1. The molecule has 2 aromatic rings. The molecule has 1 amide bonds. The van der Waals surface area contributed by atoms with Gasteiger partial charge in [-0.05, 0) is 65.5 Å². The van der Waals surface area contributed by atoms with E-state index in [1.807, 2.05) is 13.0 Å². The van der Waals surface area contributed by atoms with Gasteiger partial charge < -0.3 is 25.1 Å². The first-order chi connectivity index (χ1) is 17.6. The molecule has 3 rings (SSSR count). The van der Waals surface area contributed by atoms with Gasteiger partial charge in [-0.1, -0.05) is 56.9 Å². The predicted molar refractivity (Wildman–Crippen MR) is 156 cm³/mol. The maximum Gasteiger partial charge on any atom is 0.260 e. The highest BCUT2D eigenvalue weighted by Gasteiger charge is 2.34. The number of benzene rings is 2. The summed E-state index contributed by atoms with van der Waals surface area (Å²) < 4.78 is 0. The molecule has 3 N–H and O–H groups in total. The van der Waals surface area contributed by atoms with Crippen LogP contribution in [0.4, 0.5) is 17.1 Å². The van der Waals surface area contributed by atoms with E-state index in [1.165, 1.54) is 29.3 Å². The molecule has 7 heteroatoms. The van der Waals surface area contributed by atoms with Crippen LogP contribution in [-0.4, -0.2) is 39.6 Å². The minimum Gasteiger partial charge on any atom is -0.508 e. The molecule has 0 unspecified atom stereocenters. The predicted octanol–water partition coefficient (Wildman–Crippen LogP) is 7.72. The van der Waals surface area contributed by atoms with E-state index in [4.69, 9.17) is 0 Å². The molecule has 0 saturated carbocycles. The van der Waals surface area contributed by atoms with Gasteiger partial charge in [0, 0.05) is 30.6 Å². The molecule has 0 fully saturated rings. The Labute approximate surface area is 228 Å². The number of rotatable bonds is 10. The van der Waals surface area contributed by atoms with Gasteiger partial charge in [-0.15, -0.1) is 0 Å². The molecular formula is C30H37BrN2O4. The van der Waals surface area contributed by atoms with Crippen molar-refractivity contribution in [1.82, 2.24) is 0 Å². The number of para-hydroxylation sites is 1. The summed E-state index contributed by atoms with van der Waals surface area (Å²) in [7, 11) is 0. The lowest BCUT2D eigenvalue weighted by molar-refractivity contribution is 0.0990. The molecule has 1 aliphatic heterocycles. The number of amides is 1. The minimum absolute atomic E-state index is 0.0504. The van der Waals surface area contributed by atoms with Gasteiger partial charge in [0.1, 0.15) is 22.9 Å². The second-order valence-corrected chi connectivity index (χ2v) is 10.5. The third-order valence-electron chi connectivity index (χ3n) is 6.43. The van der Waals surface area contributed by atoms with Crippen LogP contribution in [0.25, 0.3) is 0 Å². The number of carbonyl (C=O) groups excluding carboxylic acids is 1. The van der Waals surface area contributed by atoms with Crippen LogP contribution in [0.15, 0.2) is 65.3 Å². The number of hydrogen-bond donors (Lipinski definition) is 3. The zero-order valence-corrected chi connectivity index (χ0v) is 23.7. The molecule has 0 radical (unpaired) electrons. The van der Waals surface area contributed by atoms with Crippen LogP contribution in [0.3, 0.4) is 0 Å². The SMILES string of the molecule is CC(C)=CCCC(C)=CCCC(C)=CCN1C(=O)c2cccc(O)c2N(CCBr)c2c(O)cc(O)cc21. The number of phenolic OH excluding ortho intramolecular Hbond substituents is 3. The molecule has 0 aliphatic carbocycles. The Hall–Kier alpha value is -3.19. The van der Waals surface area contributed by atoms with Crippen molar-refractivity contribution < 1.29 is 20.1 Å². The number of fused-ring (bicyclic) bond motifs is 2. The topological polar surface area (TPSA) is 84.2 Å². The van der Waals surface area contributed by atoms with E-state index in [-0.39, 0.29) is 29.7 Å². The number of aromatic hydroxyl groups is 3. The molecule has 2 aromatic carbocycles. The van der Waals surface area contributed by atoms with Crippen LogP contribution in [-0.2, 0) is 0 Å². The Morgan fingerprint density at radius 3 is 2.22 bits per heavy atom. The van der Waals surface area contributed by atoms with E-state index in [9.17, 15) is 20.1 Å². The van der Waals surface area contributed by atoms with E-state index in [2.05, 4.69) is 48.9 Å². The molecule has 0 saturated heterocycles. The average molecular weight is 570 g/mol. The molecule has 0 spiro atoms.